The number of carbonyl (C=O) groups excluding carboxylic acids is 2. The number of hydrogen-bond donors (Lipinski definition) is 1. The quantitative estimate of drug-likeness (QED) is 0.812. The molecule has 1 saturated heterocycles. The van der Waals surface area contributed by atoms with Crippen molar-refractivity contribution >= 4 is 17.5 Å². The van der Waals surface area contributed by atoms with E-state index in [9.17, 15) is 9.59 Å². The maximum Gasteiger partial charge on any atom is 0.242 e. The van der Waals surface area contributed by atoms with Gasteiger partial charge in [-0.25, -0.2) is 0 Å². The Morgan fingerprint density at radius 1 is 1.03 bits per heavy atom. The Morgan fingerprint density at radius 3 is 2.17 bits per heavy atom. The Hall–Kier alpha value is -1.88. The molecule has 2 aliphatic rings. The third-order valence-electron chi connectivity index (χ3n) is 6.18. The highest BCUT2D eigenvalue weighted by molar-refractivity contribution is 5.95. The molecule has 0 radical (unpaired) electrons. The topological polar surface area (TPSA) is 52.7 Å². The van der Waals surface area contributed by atoms with E-state index in [2.05, 4.69) is 31.0 Å². The fourth-order valence-electron chi connectivity index (χ4n) is 4.62. The number of hydrogen-bond acceptors (Lipinski definition) is 3. The third kappa shape index (κ3) is 6.05. The summed E-state index contributed by atoms with van der Waals surface area (Å²) in [4.78, 5) is 30.1. The smallest absolute Gasteiger partial charge is 0.242 e. The van der Waals surface area contributed by atoms with E-state index in [0.717, 1.165) is 44.7 Å². The Kier molecular flexibility index (Phi) is 6.99. The first-order chi connectivity index (χ1) is 13.7. The summed E-state index contributed by atoms with van der Waals surface area (Å²) in [6.45, 7) is 11.3. The number of amides is 2. The molecule has 1 saturated carbocycles. The lowest BCUT2D eigenvalue weighted by molar-refractivity contribution is -0.136. The van der Waals surface area contributed by atoms with Gasteiger partial charge in [-0.15, -0.1) is 0 Å². The molecule has 1 aliphatic carbocycles. The minimum atomic E-state index is -0.0985. The van der Waals surface area contributed by atoms with Crippen LogP contribution in [0.25, 0.3) is 0 Å². The predicted octanol–water partition coefficient (Wildman–Crippen LogP) is 4.07. The minimum absolute atomic E-state index is 0.00846. The summed E-state index contributed by atoms with van der Waals surface area (Å²) in [5.41, 5.74) is 2.06. The van der Waals surface area contributed by atoms with Crippen molar-refractivity contribution in [2.24, 2.45) is 11.3 Å². The molecule has 2 fully saturated rings. The van der Waals surface area contributed by atoms with Gasteiger partial charge in [0.15, 0.2) is 0 Å². The van der Waals surface area contributed by atoms with Gasteiger partial charge in [0, 0.05) is 38.3 Å². The maximum atomic E-state index is 13.3. The molecule has 1 aromatic rings. The zero-order valence-electron chi connectivity index (χ0n) is 18.5. The number of nitrogens with one attached hydrogen (secondary N) is 1. The average Bonchev–Trinajstić information content (AvgIpc) is 3.17. The van der Waals surface area contributed by atoms with Crippen molar-refractivity contribution in [1.82, 2.24) is 9.80 Å². The fraction of sp³-hybridized carbons (Fsp3) is 0.667. The van der Waals surface area contributed by atoms with Gasteiger partial charge in [0.1, 0.15) is 0 Å². The average molecular weight is 400 g/mol. The number of nitrogens with zero attached hydrogens (tertiary/aromatic N) is 2. The van der Waals surface area contributed by atoms with E-state index in [4.69, 9.17) is 0 Å². The van der Waals surface area contributed by atoms with E-state index < -0.39 is 0 Å². The lowest BCUT2D eigenvalue weighted by atomic mass is 9.91. The molecule has 5 heteroatoms. The lowest BCUT2D eigenvalue weighted by Crippen LogP contribution is -2.57. The van der Waals surface area contributed by atoms with E-state index in [1.807, 2.05) is 36.1 Å². The van der Waals surface area contributed by atoms with Crippen LogP contribution >= 0.6 is 0 Å². The van der Waals surface area contributed by atoms with E-state index in [1.54, 1.807) is 0 Å². The van der Waals surface area contributed by atoms with E-state index in [1.165, 1.54) is 18.4 Å². The van der Waals surface area contributed by atoms with Crippen molar-refractivity contribution in [1.29, 1.82) is 0 Å². The Morgan fingerprint density at radius 2 is 1.62 bits per heavy atom. The van der Waals surface area contributed by atoms with Crippen LogP contribution < -0.4 is 5.32 Å². The van der Waals surface area contributed by atoms with Crippen LogP contribution in [0.1, 0.15) is 58.4 Å². The van der Waals surface area contributed by atoms with Gasteiger partial charge < -0.3 is 10.2 Å². The molecule has 1 heterocycles. The van der Waals surface area contributed by atoms with E-state index >= 15 is 0 Å². The van der Waals surface area contributed by atoms with Crippen LogP contribution in [0.15, 0.2) is 24.3 Å². The van der Waals surface area contributed by atoms with Gasteiger partial charge in [-0.2, -0.15) is 0 Å². The van der Waals surface area contributed by atoms with Crippen molar-refractivity contribution in [2.45, 2.75) is 65.8 Å². The van der Waals surface area contributed by atoms with Crippen LogP contribution in [0.5, 0.6) is 0 Å². The van der Waals surface area contributed by atoms with Crippen LogP contribution in [-0.4, -0.2) is 53.8 Å². The molecule has 1 aliphatic heterocycles. The first-order valence-electron chi connectivity index (χ1n) is 11.1. The SMILES string of the molecule is Cc1ccc(NC(=O)[C@H](C2CCCC2)N2CCN(C(=O)CC(C)(C)C)CC2)cc1. The van der Waals surface area contributed by atoms with Gasteiger partial charge in [-0.05, 0) is 43.2 Å². The molecular weight excluding hydrogens is 362 g/mol. The molecule has 2 amide bonds. The van der Waals surface area contributed by atoms with Gasteiger partial charge in [0.2, 0.25) is 11.8 Å². The second kappa shape index (κ2) is 9.29. The Bertz CT molecular complexity index is 694. The zero-order valence-corrected chi connectivity index (χ0v) is 18.5. The summed E-state index contributed by atoms with van der Waals surface area (Å²) in [6.07, 6.45) is 5.24. The molecule has 29 heavy (non-hydrogen) atoms. The van der Waals surface area contributed by atoms with Crippen molar-refractivity contribution in [3.63, 3.8) is 0 Å². The molecule has 5 nitrogen and oxygen atoms in total. The molecule has 1 N–H and O–H groups in total. The second-order valence-electron chi connectivity index (χ2n) is 10.00. The lowest BCUT2D eigenvalue weighted by Gasteiger charge is -2.41. The van der Waals surface area contributed by atoms with E-state index in [-0.39, 0.29) is 23.3 Å². The van der Waals surface area contributed by atoms with Crippen molar-refractivity contribution in [3.05, 3.63) is 29.8 Å². The van der Waals surface area contributed by atoms with Crippen LogP contribution in [0, 0.1) is 18.3 Å². The zero-order chi connectivity index (χ0) is 21.0. The summed E-state index contributed by atoms with van der Waals surface area (Å²) in [5, 5.41) is 3.15. The summed E-state index contributed by atoms with van der Waals surface area (Å²) in [5.74, 6) is 0.756. The highest BCUT2D eigenvalue weighted by atomic mass is 16.2. The van der Waals surface area contributed by atoms with Crippen molar-refractivity contribution in [2.75, 3.05) is 31.5 Å². The Labute approximate surface area is 175 Å². The number of carbonyl (C=O) groups is 2. The third-order valence-corrected chi connectivity index (χ3v) is 6.18. The molecule has 0 bridgehead atoms. The highest BCUT2D eigenvalue weighted by Crippen LogP contribution is 2.32. The molecular formula is C24H37N3O2. The maximum absolute atomic E-state index is 13.3. The van der Waals surface area contributed by atoms with Crippen molar-refractivity contribution < 1.29 is 9.59 Å². The number of piperazine rings is 1. The first kappa shape index (κ1) is 21.8. The summed E-state index contributed by atoms with van der Waals surface area (Å²) < 4.78 is 0. The number of rotatable bonds is 5. The monoisotopic (exact) mass is 399 g/mol. The summed E-state index contributed by atoms with van der Waals surface area (Å²) in [6, 6.07) is 7.91. The minimum Gasteiger partial charge on any atom is -0.340 e. The second-order valence-corrected chi connectivity index (χ2v) is 10.00. The standard InChI is InChI=1S/C24H37N3O2/c1-18-9-11-20(12-10-18)25-23(29)22(19-7-5-6-8-19)27-15-13-26(14-16-27)21(28)17-24(2,3)4/h9-12,19,22H,5-8,13-17H2,1-4H3,(H,25,29)/t22-/m0/s1. The predicted molar refractivity (Wildman–Crippen MR) is 118 cm³/mol. The fourth-order valence-corrected chi connectivity index (χ4v) is 4.62. The van der Waals surface area contributed by atoms with Crippen LogP contribution in [-0.2, 0) is 9.59 Å². The van der Waals surface area contributed by atoms with Gasteiger partial charge in [0.25, 0.3) is 0 Å². The molecule has 0 aromatic heterocycles. The molecule has 160 valence electrons. The largest absolute Gasteiger partial charge is 0.340 e. The van der Waals surface area contributed by atoms with Gasteiger partial charge in [-0.3, -0.25) is 14.5 Å². The molecule has 1 aromatic carbocycles. The van der Waals surface area contributed by atoms with E-state index in [0.29, 0.717) is 12.3 Å². The highest BCUT2D eigenvalue weighted by Gasteiger charge is 2.37. The normalized spacial score (nSPS) is 19.9. The Balaban J connectivity index is 1.64. The number of anilines is 1. The summed E-state index contributed by atoms with van der Waals surface area (Å²) >= 11 is 0. The molecule has 0 unspecified atom stereocenters. The molecule has 1 atom stereocenters. The van der Waals surface area contributed by atoms with Crippen LogP contribution in [0.2, 0.25) is 0 Å². The molecule has 3 rings (SSSR count). The first-order valence-corrected chi connectivity index (χ1v) is 11.1. The van der Waals surface area contributed by atoms with Crippen molar-refractivity contribution in [3.8, 4) is 0 Å². The van der Waals surface area contributed by atoms with Crippen LogP contribution in [0.4, 0.5) is 5.69 Å². The molecule has 0 spiro atoms. The van der Waals surface area contributed by atoms with Gasteiger partial charge in [0.05, 0.1) is 6.04 Å². The summed E-state index contributed by atoms with van der Waals surface area (Å²) in [7, 11) is 0. The van der Waals surface area contributed by atoms with Gasteiger partial charge in [-0.1, -0.05) is 51.3 Å². The van der Waals surface area contributed by atoms with Gasteiger partial charge >= 0.3 is 0 Å². The number of benzene rings is 1. The number of aryl methyl sites for hydroxylation is 1. The van der Waals surface area contributed by atoms with Crippen LogP contribution in [0.3, 0.4) is 0 Å².